The molecule has 1 aliphatic heterocycles. The summed E-state index contributed by atoms with van der Waals surface area (Å²) in [6, 6.07) is 9.63. The van der Waals surface area contributed by atoms with E-state index in [1.165, 1.54) is 42.5 Å². The van der Waals surface area contributed by atoms with Crippen molar-refractivity contribution in [3.63, 3.8) is 0 Å². The van der Waals surface area contributed by atoms with Crippen LogP contribution in [0.1, 0.15) is 0 Å². The summed E-state index contributed by atoms with van der Waals surface area (Å²) in [6.07, 6.45) is 0. The van der Waals surface area contributed by atoms with Crippen molar-refractivity contribution in [2.45, 2.75) is 0 Å². The molecule has 2 aromatic carbocycles. The molecule has 3 rings (SSSR count). The van der Waals surface area contributed by atoms with Crippen molar-refractivity contribution >= 4 is 58.0 Å². The number of hydrogen-bond donors (Lipinski definition) is 1. The summed E-state index contributed by atoms with van der Waals surface area (Å²) in [5, 5.41) is 2.95. The number of amides is 2. The molecule has 1 N–H and O–H groups in total. The molecule has 0 spiro atoms. The number of nitrogens with one attached hydrogen (secondary N) is 1. The van der Waals surface area contributed by atoms with Crippen molar-refractivity contribution in [1.82, 2.24) is 0 Å². The Morgan fingerprint density at radius 3 is 2.21 bits per heavy atom. The molecule has 0 saturated carbocycles. The molecule has 2 amide bonds. The van der Waals surface area contributed by atoms with Crippen LogP contribution in [0.15, 0.2) is 53.2 Å². The molecule has 1 aliphatic rings. The summed E-state index contributed by atoms with van der Waals surface area (Å²) < 4.78 is 13.0. The number of nitrogens with zero attached hydrogens (tertiary/aromatic N) is 1. The molecule has 0 fully saturated rings. The SMILES string of the molecule is O=C1C(Cl)=C(Nc2ccc(F)cc2)C(=O)N1c1ccc(Cl)cc1Cl. The Bertz CT molecular complexity index is 881. The molecule has 0 saturated heterocycles. The van der Waals surface area contributed by atoms with E-state index >= 15 is 0 Å². The van der Waals surface area contributed by atoms with Crippen LogP contribution in [0.5, 0.6) is 0 Å². The number of carbonyl (C=O) groups is 2. The predicted octanol–water partition coefficient (Wildman–Crippen LogP) is 4.57. The first-order valence-corrected chi connectivity index (χ1v) is 7.78. The highest BCUT2D eigenvalue weighted by Gasteiger charge is 2.39. The molecule has 4 nitrogen and oxygen atoms in total. The van der Waals surface area contributed by atoms with Gasteiger partial charge < -0.3 is 5.32 Å². The third-order valence-electron chi connectivity index (χ3n) is 3.29. The third-order valence-corrected chi connectivity index (χ3v) is 4.18. The quantitative estimate of drug-likeness (QED) is 0.788. The second kappa shape index (κ2) is 6.43. The first-order valence-electron chi connectivity index (χ1n) is 6.64. The topological polar surface area (TPSA) is 49.4 Å². The zero-order chi connectivity index (χ0) is 17.4. The fraction of sp³-hybridized carbons (Fsp3) is 0. The lowest BCUT2D eigenvalue weighted by molar-refractivity contribution is -0.120. The second-order valence-corrected chi connectivity index (χ2v) is 6.08. The summed E-state index contributed by atoms with van der Waals surface area (Å²) in [5.41, 5.74) is 0.471. The van der Waals surface area contributed by atoms with Gasteiger partial charge in [-0.15, -0.1) is 0 Å². The number of benzene rings is 2. The lowest BCUT2D eigenvalue weighted by Crippen LogP contribution is -2.32. The molecule has 8 heteroatoms. The lowest BCUT2D eigenvalue weighted by atomic mass is 10.2. The van der Waals surface area contributed by atoms with E-state index in [0.29, 0.717) is 10.7 Å². The van der Waals surface area contributed by atoms with E-state index in [4.69, 9.17) is 34.8 Å². The van der Waals surface area contributed by atoms with Crippen molar-refractivity contribution in [1.29, 1.82) is 0 Å². The number of hydrogen-bond acceptors (Lipinski definition) is 3. The average molecular weight is 386 g/mol. The van der Waals surface area contributed by atoms with Crippen molar-refractivity contribution < 1.29 is 14.0 Å². The summed E-state index contributed by atoms with van der Waals surface area (Å²) in [5.74, 6) is -1.81. The molecule has 2 aromatic rings. The number of halogens is 4. The maximum Gasteiger partial charge on any atom is 0.283 e. The highest BCUT2D eigenvalue weighted by molar-refractivity contribution is 6.53. The zero-order valence-electron chi connectivity index (χ0n) is 11.8. The first kappa shape index (κ1) is 16.8. The summed E-state index contributed by atoms with van der Waals surface area (Å²) >= 11 is 17.9. The highest BCUT2D eigenvalue weighted by atomic mass is 35.5. The van der Waals surface area contributed by atoms with Gasteiger partial charge in [0.1, 0.15) is 16.5 Å². The Labute approximate surface area is 151 Å². The van der Waals surface area contributed by atoms with Crippen LogP contribution in [0.2, 0.25) is 10.0 Å². The van der Waals surface area contributed by atoms with Gasteiger partial charge >= 0.3 is 0 Å². The van der Waals surface area contributed by atoms with Crippen LogP contribution in [-0.2, 0) is 9.59 Å². The number of carbonyl (C=O) groups excluding carboxylic acids is 2. The molecule has 1 heterocycles. The van der Waals surface area contributed by atoms with E-state index in [-0.39, 0.29) is 21.4 Å². The highest BCUT2D eigenvalue weighted by Crippen LogP contribution is 2.35. The maximum atomic E-state index is 13.0. The molecule has 0 atom stereocenters. The van der Waals surface area contributed by atoms with Gasteiger partial charge in [-0.2, -0.15) is 0 Å². The molecule has 0 bridgehead atoms. The van der Waals surface area contributed by atoms with Gasteiger partial charge in [0.25, 0.3) is 11.8 Å². The van der Waals surface area contributed by atoms with E-state index in [1.807, 2.05) is 0 Å². The van der Waals surface area contributed by atoms with Crippen molar-refractivity contribution in [2.24, 2.45) is 0 Å². The van der Waals surface area contributed by atoms with Crippen molar-refractivity contribution in [2.75, 3.05) is 10.2 Å². The number of anilines is 2. The first-order chi connectivity index (χ1) is 11.4. The second-order valence-electron chi connectivity index (χ2n) is 4.86. The molecular formula is C16H8Cl3FN2O2. The van der Waals surface area contributed by atoms with E-state index in [2.05, 4.69) is 5.32 Å². The minimum Gasteiger partial charge on any atom is -0.350 e. The van der Waals surface area contributed by atoms with Gasteiger partial charge in [0, 0.05) is 10.7 Å². The van der Waals surface area contributed by atoms with Crippen LogP contribution in [0.4, 0.5) is 15.8 Å². The largest absolute Gasteiger partial charge is 0.350 e. The van der Waals surface area contributed by atoms with Crippen LogP contribution in [-0.4, -0.2) is 11.8 Å². The fourth-order valence-electron chi connectivity index (χ4n) is 2.17. The molecular weight excluding hydrogens is 378 g/mol. The molecule has 122 valence electrons. The molecule has 24 heavy (non-hydrogen) atoms. The Morgan fingerprint density at radius 1 is 0.917 bits per heavy atom. The molecule has 0 aromatic heterocycles. The van der Waals surface area contributed by atoms with Gasteiger partial charge in [0.05, 0.1) is 10.7 Å². The summed E-state index contributed by atoms with van der Waals surface area (Å²) in [7, 11) is 0. The number of imide groups is 1. The molecule has 0 unspecified atom stereocenters. The molecule has 0 radical (unpaired) electrons. The van der Waals surface area contributed by atoms with Crippen LogP contribution in [0, 0.1) is 5.82 Å². The smallest absolute Gasteiger partial charge is 0.283 e. The van der Waals surface area contributed by atoms with Gasteiger partial charge in [-0.25, -0.2) is 9.29 Å². The Hall–Kier alpha value is -2.08. The standard InChI is InChI=1S/C16H8Cl3FN2O2/c17-8-1-6-12(11(18)7-8)22-15(23)13(19)14(16(22)24)21-10-4-2-9(20)3-5-10/h1-7,21H. The zero-order valence-corrected chi connectivity index (χ0v) is 14.1. The van der Waals surface area contributed by atoms with E-state index in [1.54, 1.807) is 0 Å². The van der Waals surface area contributed by atoms with Gasteiger partial charge in [0.15, 0.2) is 0 Å². The van der Waals surface area contributed by atoms with Crippen molar-refractivity contribution in [3.05, 3.63) is 69.1 Å². The monoisotopic (exact) mass is 384 g/mol. The van der Waals surface area contributed by atoms with Crippen LogP contribution < -0.4 is 10.2 Å². The Kier molecular flexibility index (Phi) is 4.49. The predicted molar refractivity (Wildman–Crippen MR) is 91.9 cm³/mol. The van der Waals surface area contributed by atoms with Crippen LogP contribution in [0.25, 0.3) is 0 Å². The van der Waals surface area contributed by atoms with E-state index in [9.17, 15) is 14.0 Å². The lowest BCUT2D eigenvalue weighted by Gasteiger charge is -2.16. The van der Waals surface area contributed by atoms with Crippen LogP contribution >= 0.6 is 34.8 Å². The van der Waals surface area contributed by atoms with Gasteiger partial charge in [0.2, 0.25) is 0 Å². The molecule has 0 aliphatic carbocycles. The summed E-state index contributed by atoms with van der Waals surface area (Å²) in [4.78, 5) is 25.8. The van der Waals surface area contributed by atoms with Gasteiger partial charge in [-0.1, -0.05) is 34.8 Å². The average Bonchev–Trinajstić information content (AvgIpc) is 2.74. The normalized spacial score (nSPS) is 14.6. The van der Waals surface area contributed by atoms with Crippen LogP contribution in [0.3, 0.4) is 0 Å². The van der Waals surface area contributed by atoms with Crippen molar-refractivity contribution in [3.8, 4) is 0 Å². The fourth-order valence-corrected chi connectivity index (χ4v) is 2.88. The Morgan fingerprint density at radius 2 is 1.58 bits per heavy atom. The maximum absolute atomic E-state index is 13.0. The third kappa shape index (κ3) is 2.98. The van der Waals surface area contributed by atoms with E-state index in [0.717, 1.165) is 4.90 Å². The van der Waals surface area contributed by atoms with Gasteiger partial charge in [-0.3, -0.25) is 9.59 Å². The van der Waals surface area contributed by atoms with E-state index < -0.39 is 17.6 Å². The minimum atomic E-state index is -0.712. The minimum absolute atomic E-state index is 0.112. The Balaban J connectivity index is 1.94. The summed E-state index contributed by atoms with van der Waals surface area (Å²) in [6.45, 7) is 0. The number of rotatable bonds is 3. The van der Waals surface area contributed by atoms with Gasteiger partial charge in [-0.05, 0) is 42.5 Å².